The van der Waals surface area contributed by atoms with Crippen LogP contribution < -0.4 is 0 Å². The zero-order chi connectivity index (χ0) is 5.28. The summed E-state index contributed by atoms with van der Waals surface area (Å²) in [5.74, 6) is 0. The van der Waals surface area contributed by atoms with Crippen LogP contribution >= 0.6 is 0 Å². The van der Waals surface area contributed by atoms with Crippen LogP contribution in [0, 0.1) is 12.3 Å². The Morgan fingerprint density at radius 1 is 2.00 bits per heavy atom. The van der Waals surface area contributed by atoms with Gasteiger partial charge in [0.15, 0.2) is 0 Å². The summed E-state index contributed by atoms with van der Waals surface area (Å²) >= 11 is 0. The number of aryl methyl sites for hydroxylation is 1. The molecule has 1 rings (SSSR count). The fourth-order valence-corrected chi connectivity index (χ4v) is 0.309. The Labute approximate surface area is 40.6 Å². The van der Waals surface area contributed by atoms with Crippen molar-refractivity contribution in [3.8, 4) is 0 Å². The fourth-order valence-electron chi connectivity index (χ4n) is 0.309. The molecule has 37 valence electrons. The Kier molecular flexibility index (Phi) is 0.817. The minimum Gasteiger partial charge on any atom is -0.302 e. The highest BCUT2D eigenvalue weighted by Crippen LogP contribution is 1.85. The van der Waals surface area contributed by atoms with Crippen LogP contribution in [-0.2, 0) is 7.05 Å². The maximum atomic E-state index is 11.9. The number of hydrogen-bond acceptors (Lipinski definition) is 1. The van der Waals surface area contributed by atoms with Crippen molar-refractivity contribution in [3.05, 3.63) is 18.5 Å². The van der Waals surface area contributed by atoms with Gasteiger partial charge in [0, 0.05) is 7.05 Å². The van der Waals surface area contributed by atoms with Crippen LogP contribution in [0.2, 0.25) is 0 Å². The lowest BCUT2D eigenvalue weighted by atomic mass is 10.9. The van der Waals surface area contributed by atoms with Crippen molar-refractivity contribution in [1.29, 1.82) is 0 Å². The molecule has 0 saturated carbocycles. The molecule has 7 heavy (non-hydrogen) atoms. The van der Waals surface area contributed by atoms with E-state index in [0.717, 1.165) is 0 Å². The van der Waals surface area contributed by atoms with Gasteiger partial charge in [0.05, 0.1) is 12.4 Å². The van der Waals surface area contributed by atoms with Crippen molar-refractivity contribution in [3.63, 3.8) is 0 Å². The first-order valence-corrected chi connectivity index (χ1v) is 1.85. The molecule has 1 radical (unpaired) electrons. The molecular formula is C4H4FN2. The van der Waals surface area contributed by atoms with Gasteiger partial charge < -0.3 is 4.57 Å². The third-order valence-corrected chi connectivity index (χ3v) is 0.699. The number of rotatable bonds is 0. The first-order chi connectivity index (χ1) is 3.30. The topological polar surface area (TPSA) is 17.8 Å². The van der Waals surface area contributed by atoms with E-state index in [0.29, 0.717) is 0 Å². The largest absolute Gasteiger partial charge is 0.302 e. The molecule has 0 saturated heterocycles. The second-order valence-corrected chi connectivity index (χ2v) is 1.22. The zero-order valence-electron chi connectivity index (χ0n) is 3.85. The van der Waals surface area contributed by atoms with E-state index in [2.05, 4.69) is 11.2 Å². The number of halogens is 1. The van der Waals surface area contributed by atoms with Gasteiger partial charge in [-0.1, -0.05) is 0 Å². The normalized spacial score (nSPS) is 9.43. The smallest absolute Gasteiger partial charge is 0.289 e. The van der Waals surface area contributed by atoms with Crippen molar-refractivity contribution in [2.24, 2.45) is 7.05 Å². The lowest BCUT2D eigenvalue weighted by Gasteiger charge is -1.81. The summed E-state index contributed by atoms with van der Waals surface area (Å²) in [6.07, 6.45) is 3.29. The summed E-state index contributed by atoms with van der Waals surface area (Å²) in [6.45, 7) is 0. The van der Waals surface area contributed by atoms with E-state index in [-0.39, 0.29) is 0 Å². The lowest BCUT2D eigenvalue weighted by molar-refractivity contribution is 0.499. The second-order valence-electron chi connectivity index (χ2n) is 1.22. The van der Waals surface area contributed by atoms with Crippen LogP contribution in [0.5, 0.6) is 0 Å². The van der Waals surface area contributed by atoms with Gasteiger partial charge >= 0.3 is 0 Å². The molecule has 1 aromatic rings. The summed E-state index contributed by atoms with van der Waals surface area (Å²) in [5.41, 5.74) is 0. The first kappa shape index (κ1) is 4.30. The van der Waals surface area contributed by atoms with E-state index in [1.807, 2.05) is 0 Å². The Hall–Kier alpha value is -0.860. The number of nitrogens with zero attached hydrogens (tertiary/aromatic N) is 2. The van der Waals surface area contributed by atoms with Crippen molar-refractivity contribution in [1.82, 2.24) is 9.55 Å². The van der Waals surface area contributed by atoms with Crippen molar-refractivity contribution in [2.75, 3.05) is 0 Å². The van der Waals surface area contributed by atoms with Crippen LogP contribution in [-0.4, -0.2) is 9.55 Å². The minimum atomic E-state index is -0.500. The minimum absolute atomic E-state index is 0.500. The highest BCUT2D eigenvalue weighted by atomic mass is 19.1. The highest BCUT2D eigenvalue weighted by molar-refractivity contribution is 4.71. The highest BCUT2D eigenvalue weighted by Gasteiger charge is 1.90. The molecule has 0 aliphatic carbocycles. The van der Waals surface area contributed by atoms with E-state index in [9.17, 15) is 4.39 Å². The molecule has 0 spiro atoms. The predicted molar refractivity (Wildman–Crippen MR) is 22.0 cm³/mol. The molecule has 0 N–H and O–H groups in total. The van der Waals surface area contributed by atoms with Gasteiger partial charge in [0.25, 0.3) is 6.08 Å². The second kappa shape index (κ2) is 1.33. The average molecular weight is 99.1 g/mol. The molecule has 0 unspecified atom stereocenters. The molecule has 3 heteroatoms. The van der Waals surface area contributed by atoms with Crippen LogP contribution in [0.1, 0.15) is 0 Å². The fraction of sp³-hybridized carbons (Fsp3) is 0.250. The maximum Gasteiger partial charge on any atom is 0.289 e. The molecule has 0 amide bonds. The van der Waals surface area contributed by atoms with E-state index < -0.39 is 6.08 Å². The van der Waals surface area contributed by atoms with Crippen LogP contribution in [0.3, 0.4) is 0 Å². The third-order valence-electron chi connectivity index (χ3n) is 0.699. The van der Waals surface area contributed by atoms with Gasteiger partial charge in [-0.05, 0) is 0 Å². The van der Waals surface area contributed by atoms with Gasteiger partial charge in [-0.3, -0.25) is 0 Å². The zero-order valence-corrected chi connectivity index (χ0v) is 3.85. The standard InChI is InChI=1S/C4H4FN2/c1-7-3-2-6-4(7)5/h2H,1H3. The molecule has 0 fully saturated rings. The molecule has 0 aromatic carbocycles. The first-order valence-electron chi connectivity index (χ1n) is 1.85. The summed E-state index contributed by atoms with van der Waals surface area (Å²) in [4.78, 5) is 3.26. The van der Waals surface area contributed by atoms with Crippen LogP contribution in [0.4, 0.5) is 4.39 Å². The van der Waals surface area contributed by atoms with Gasteiger partial charge in [0.1, 0.15) is 0 Å². The van der Waals surface area contributed by atoms with Crippen molar-refractivity contribution < 1.29 is 4.39 Å². The quantitative estimate of drug-likeness (QED) is 0.459. The Morgan fingerprint density at radius 2 is 2.71 bits per heavy atom. The lowest BCUT2D eigenvalue weighted by Crippen LogP contribution is -1.89. The van der Waals surface area contributed by atoms with E-state index in [4.69, 9.17) is 0 Å². The van der Waals surface area contributed by atoms with Gasteiger partial charge in [0.2, 0.25) is 0 Å². The van der Waals surface area contributed by atoms with E-state index >= 15 is 0 Å². The Morgan fingerprint density at radius 3 is 2.86 bits per heavy atom. The predicted octanol–water partition coefficient (Wildman–Crippen LogP) is 0.359. The Bertz CT molecular complexity index is 142. The number of aromatic nitrogens is 2. The average Bonchev–Trinajstić information content (AvgIpc) is 1.91. The molecule has 0 atom stereocenters. The molecule has 0 aliphatic heterocycles. The number of hydrogen-bond donors (Lipinski definition) is 0. The summed E-state index contributed by atoms with van der Waals surface area (Å²) < 4.78 is 13.1. The third kappa shape index (κ3) is 0.607. The molecule has 0 bridgehead atoms. The van der Waals surface area contributed by atoms with Gasteiger partial charge in [-0.2, -0.15) is 4.39 Å². The summed E-state index contributed by atoms with van der Waals surface area (Å²) in [5, 5.41) is 0. The van der Waals surface area contributed by atoms with E-state index in [1.54, 1.807) is 7.05 Å². The van der Waals surface area contributed by atoms with Gasteiger partial charge in [-0.15, -0.1) is 0 Å². The number of imidazole rings is 1. The summed E-state index contributed by atoms with van der Waals surface area (Å²) in [7, 11) is 1.54. The molecule has 2 nitrogen and oxygen atoms in total. The van der Waals surface area contributed by atoms with Crippen LogP contribution in [0.25, 0.3) is 0 Å². The van der Waals surface area contributed by atoms with Crippen LogP contribution in [0.15, 0.2) is 6.20 Å². The SMILES string of the molecule is Cn1[c]cnc1F. The monoisotopic (exact) mass is 99.0 g/mol. The van der Waals surface area contributed by atoms with Crippen molar-refractivity contribution >= 4 is 0 Å². The maximum absolute atomic E-state index is 11.9. The Balaban J connectivity index is 3.12. The summed E-state index contributed by atoms with van der Waals surface area (Å²) in [6, 6.07) is 0. The molecule has 1 heterocycles. The van der Waals surface area contributed by atoms with Crippen molar-refractivity contribution in [2.45, 2.75) is 0 Å². The molecular weight excluding hydrogens is 95.1 g/mol. The van der Waals surface area contributed by atoms with E-state index in [1.165, 1.54) is 10.8 Å². The molecule has 1 aromatic heterocycles. The molecule has 0 aliphatic rings. The van der Waals surface area contributed by atoms with Gasteiger partial charge in [-0.25, -0.2) is 4.98 Å².